The van der Waals surface area contributed by atoms with Crippen molar-refractivity contribution in [1.29, 1.82) is 0 Å². The fourth-order valence-electron chi connectivity index (χ4n) is 2.04. The highest BCUT2D eigenvalue weighted by atomic mass is 32.2. The summed E-state index contributed by atoms with van der Waals surface area (Å²) in [6, 6.07) is 0. The number of nitrogen functional groups attached to an aromatic ring is 1. The molecular formula is C9H10N4O2S2. The number of sulfonamides is 1. The van der Waals surface area contributed by atoms with Gasteiger partial charge in [0.1, 0.15) is 5.25 Å². The first-order chi connectivity index (χ1) is 8.01. The molecule has 0 fully saturated rings. The van der Waals surface area contributed by atoms with Crippen LogP contribution in [0.1, 0.15) is 10.9 Å². The van der Waals surface area contributed by atoms with Crippen molar-refractivity contribution in [3.63, 3.8) is 0 Å². The van der Waals surface area contributed by atoms with Crippen molar-refractivity contribution in [2.24, 2.45) is 0 Å². The third-order valence-electron chi connectivity index (χ3n) is 2.94. The normalized spacial score (nSPS) is 28.9. The van der Waals surface area contributed by atoms with E-state index in [-0.39, 0.29) is 11.2 Å². The van der Waals surface area contributed by atoms with Gasteiger partial charge < -0.3 is 5.73 Å². The first-order valence-corrected chi connectivity index (χ1v) is 7.38. The molecule has 2 atom stereocenters. The van der Waals surface area contributed by atoms with Gasteiger partial charge in [0.25, 0.3) is 0 Å². The van der Waals surface area contributed by atoms with Gasteiger partial charge in [-0.1, -0.05) is 6.08 Å². The Labute approximate surface area is 103 Å². The number of aromatic nitrogens is 2. The molecule has 0 aromatic carbocycles. The molecule has 0 amide bonds. The average Bonchev–Trinajstić information content (AvgIpc) is 2.76. The van der Waals surface area contributed by atoms with E-state index in [1.54, 1.807) is 11.5 Å². The second-order valence-electron chi connectivity index (χ2n) is 3.86. The van der Waals surface area contributed by atoms with Gasteiger partial charge in [-0.25, -0.2) is 18.4 Å². The number of nitrogens with zero attached hydrogens (tertiary/aromatic N) is 3. The van der Waals surface area contributed by atoms with Crippen LogP contribution in [0, 0.1) is 0 Å². The first-order valence-electron chi connectivity index (χ1n) is 4.94. The predicted octanol–water partition coefficient (Wildman–Crippen LogP) is 0.509. The lowest BCUT2D eigenvalue weighted by Crippen LogP contribution is -2.42. The number of fused-ring (bicyclic) bond motifs is 3. The molecule has 0 spiro atoms. The summed E-state index contributed by atoms with van der Waals surface area (Å²) in [5.41, 5.74) is 6.76. The van der Waals surface area contributed by atoms with E-state index < -0.39 is 15.3 Å². The molecule has 2 aliphatic rings. The SMILES string of the molecule is CN1c2cnc(N)nc2[C@@H]2SC=C[C@H]2S1(=O)=O. The molecule has 17 heavy (non-hydrogen) atoms. The second kappa shape index (κ2) is 3.36. The third kappa shape index (κ3) is 1.37. The van der Waals surface area contributed by atoms with Crippen LogP contribution in [0.25, 0.3) is 0 Å². The number of nitrogens with two attached hydrogens (primary N) is 1. The number of hydrogen-bond acceptors (Lipinski definition) is 6. The lowest BCUT2D eigenvalue weighted by Gasteiger charge is -2.33. The van der Waals surface area contributed by atoms with E-state index >= 15 is 0 Å². The summed E-state index contributed by atoms with van der Waals surface area (Å²) in [5, 5.41) is 1.03. The number of anilines is 2. The standard InChI is InChI=1S/C9H10N4O2S2/c1-13-5-4-11-9(10)12-7(5)8-6(2-3-16-8)17(13,14)15/h2-4,6,8H,1H3,(H2,10,11,12)/t6-,8-/m1/s1. The molecule has 8 heteroatoms. The average molecular weight is 270 g/mol. The minimum atomic E-state index is -3.36. The zero-order chi connectivity index (χ0) is 12.2. The van der Waals surface area contributed by atoms with E-state index in [1.165, 1.54) is 29.3 Å². The van der Waals surface area contributed by atoms with Crippen LogP contribution in [0.3, 0.4) is 0 Å². The van der Waals surface area contributed by atoms with Crippen molar-refractivity contribution in [2.45, 2.75) is 10.5 Å². The predicted molar refractivity (Wildman–Crippen MR) is 67.0 cm³/mol. The third-order valence-corrected chi connectivity index (χ3v) is 6.32. The summed E-state index contributed by atoms with van der Waals surface area (Å²) < 4.78 is 25.7. The topological polar surface area (TPSA) is 89.2 Å². The summed E-state index contributed by atoms with van der Waals surface area (Å²) in [6.07, 6.45) is 3.16. The van der Waals surface area contributed by atoms with Crippen LogP contribution in [-0.2, 0) is 10.0 Å². The number of rotatable bonds is 0. The van der Waals surface area contributed by atoms with Crippen LogP contribution >= 0.6 is 11.8 Å². The van der Waals surface area contributed by atoms with Gasteiger partial charge >= 0.3 is 0 Å². The van der Waals surface area contributed by atoms with Crippen molar-refractivity contribution in [2.75, 3.05) is 17.1 Å². The maximum atomic E-state index is 12.2. The fraction of sp³-hybridized carbons (Fsp3) is 0.333. The van der Waals surface area contributed by atoms with Crippen LogP contribution in [0.4, 0.5) is 11.6 Å². The summed E-state index contributed by atoms with van der Waals surface area (Å²) in [5.74, 6) is 0.169. The van der Waals surface area contributed by atoms with Gasteiger partial charge in [-0.2, -0.15) is 0 Å². The Hall–Kier alpha value is -1.28. The van der Waals surface area contributed by atoms with Crippen molar-refractivity contribution < 1.29 is 8.42 Å². The van der Waals surface area contributed by atoms with E-state index in [0.717, 1.165) is 0 Å². The molecule has 0 aliphatic carbocycles. The van der Waals surface area contributed by atoms with Gasteiger partial charge in [0, 0.05) is 7.05 Å². The maximum absolute atomic E-state index is 12.2. The molecule has 0 saturated heterocycles. The molecule has 6 nitrogen and oxygen atoms in total. The summed E-state index contributed by atoms with van der Waals surface area (Å²) in [4.78, 5) is 8.03. The second-order valence-corrected chi connectivity index (χ2v) is 7.04. The molecule has 2 N–H and O–H groups in total. The van der Waals surface area contributed by atoms with Crippen LogP contribution in [-0.4, -0.2) is 30.7 Å². The van der Waals surface area contributed by atoms with Gasteiger partial charge in [0.2, 0.25) is 16.0 Å². The molecule has 0 bridgehead atoms. The van der Waals surface area contributed by atoms with Gasteiger partial charge in [-0.15, -0.1) is 11.8 Å². The molecule has 3 heterocycles. The summed E-state index contributed by atoms with van der Waals surface area (Å²) in [6.45, 7) is 0. The van der Waals surface area contributed by atoms with Crippen LogP contribution in [0.2, 0.25) is 0 Å². The lowest BCUT2D eigenvalue weighted by atomic mass is 10.2. The Morgan fingerprint density at radius 2 is 2.29 bits per heavy atom. The van der Waals surface area contributed by atoms with Gasteiger partial charge in [-0.05, 0) is 5.41 Å². The lowest BCUT2D eigenvalue weighted by molar-refractivity contribution is 0.581. The summed E-state index contributed by atoms with van der Waals surface area (Å²) in [7, 11) is -1.85. The Kier molecular flexibility index (Phi) is 2.14. The quantitative estimate of drug-likeness (QED) is 0.738. The monoisotopic (exact) mass is 270 g/mol. The van der Waals surface area contributed by atoms with Gasteiger partial charge in [-0.3, -0.25) is 4.31 Å². The highest BCUT2D eigenvalue weighted by Gasteiger charge is 2.45. The van der Waals surface area contributed by atoms with E-state index in [0.29, 0.717) is 11.4 Å². The largest absolute Gasteiger partial charge is 0.368 e. The highest BCUT2D eigenvalue weighted by Crippen LogP contribution is 2.49. The van der Waals surface area contributed by atoms with E-state index in [2.05, 4.69) is 9.97 Å². The van der Waals surface area contributed by atoms with E-state index in [4.69, 9.17) is 5.73 Å². The maximum Gasteiger partial charge on any atom is 0.243 e. The molecule has 1 aromatic heterocycles. The molecule has 0 unspecified atom stereocenters. The van der Waals surface area contributed by atoms with Crippen molar-refractivity contribution in [1.82, 2.24) is 9.97 Å². The minimum Gasteiger partial charge on any atom is -0.368 e. The Morgan fingerprint density at radius 3 is 3.06 bits per heavy atom. The fourth-order valence-corrected chi connectivity index (χ4v) is 5.22. The Bertz CT molecular complexity index is 613. The molecular weight excluding hydrogens is 260 g/mol. The Balaban J connectivity index is 2.27. The van der Waals surface area contributed by atoms with E-state index in [9.17, 15) is 8.42 Å². The van der Waals surface area contributed by atoms with Gasteiger partial charge in [0.15, 0.2) is 0 Å². The zero-order valence-corrected chi connectivity index (χ0v) is 10.6. The van der Waals surface area contributed by atoms with Crippen LogP contribution in [0.15, 0.2) is 17.7 Å². The van der Waals surface area contributed by atoms with Crippen molar-refractivity contribution in [3.8, 4) is 0 Å². The number of thioether (sulfide) groups is 1. The molecule has 1 aromatic rings. The smallest absolute Gasteiger partial charge is 0.243 e. The Morgan fingerprint density at radius 1 is 1.53 bits per heavy atom. The molecule has 3 rings (SSSR count). The highest BCUT2D eigenvalue weighted by molar-refractivity contribution is 8.04. The van der Waals surface area contributed by atoms with E-state index in [1.807, 2.05) is 0 Å². The van der Waals surface area contributed by atoms with Crippen molar-refractivity contribution in [3.05, 3.63) is 23.4 Å². The summed E-state index contributed by atoms with van der Waals surface area (Å²) >= 11 is 1.45. The van der Waals surface area contributed by atoms with Crippen LogP contribution < -0.4 is 10.0 Å². The van der Waals surface area contributed by atoms with Crippen LogP contribution in [0.5, 0.6) is 0 Å². The molecule has 0 radical (unpaired) electrons. The minimum absolute atomic E-state index is 0.169. The van der Waals surface area contributed by atoms with Crippen molar-refractivity contribution >= 4 is 33.4 Å². The molecule has 90 valence electrons. The zero-order valence-electron chi connectivity index (χ0n) is 8.94. The molecule has 0 saturated carbocycles. The first kappa shape index (κ1) is 10.8. The molecule has 2 aliphatic heterocycles. The van der Waals surface area contributed by atoms with Gasteiger partial charge in [0.05, 0.1) is 22.8 Å². The number of hydrogen-bond donors (Lipinski definition) is 1.